The van der Waals surface area contributed by atoms with Gasteiger partial charge >= 0.3 is 5.97 Å². The number of hydroxylamine groups is 1. The lowest BCUT2D eigenvalue weighted by Crippen LogP contribution is -2.33. The van der Waals surface area contributed by atoms with E-state index in [4.69, 9.17) is 9.94 Å². The third-order valence-electron chi connectivity index (χ3n) is 3.31. The lowest BCUT2D eigenvalue weighted by atomic mass is 10.0. The molecule has 24 heavy (non-hydrogen) atoms. The van der Waals surface area contributed by atoms with Crippen LogP contribution in [-0.4, -0.2) is 17.1 Å². The molecule has 0 saturated heterocycles. The van der Waals surface area contributed by atoms with Crippen LogP contribution in [0.5, 0.6) is 0 Å². The quantitative estimate of drug-likeness (QED) is 0.573. The van der Waals surface area contributed by atoms with Gasteiger partial charge in [-0.1, -0.05) is 30.3 Å². The van der Waals surface area contributed by atoms with E-state index in [0.29, 0.717) is 6.07 Å². The van der Waals surface area contributed by atoms with Crippen molar-refractivity contribution in [3.8, 4) is 0 Å². The number of aliphatic carboxylic acids is 1. The number of benzene rings is 2. The number of carboxylic acids is 1. The average molecular weight is 339 g/mol. The fourth-order valence-electron chi connectivity index (χ4n) is 2.17. The zero-order valence-corrected chi connectivity index (χ0v) is 12.6. The molecule has 1 unspecified atom stereocenters. The molecule has 0 fully saturated rings. The fraction of sp³-hybridized carbons (Fsp3) is 0.235. The molecule has 0 spiro atoms. The highest BCUT2D eigenvalue weighted by Crippen LogP contribution is 2.16. The van der Waals surface area contributed by atoms with Crippen molar-refractivity contribution in [3.05, 3.63) is 71.0 Å². The first-order chi connectivity index (χ1) is 11.5. The van der Waals surface area contributed by atoms with Gasteiger partial charge in [0.25, 0.3) is 0 Å². The molecule has 0 radical (unpaired) electrons. The molecule has 0 aliphatic heterocycles. The van der Waals surface area contributed by atoms with E-state index < -0.39 is 29.5 Å². The van der Waals surface area contributed by atoms with Crippen molar-refractivity contribution < 1.29 is 27.9 Å². The molecule has 7 heteroatoms. The van der Waals surface area contributed by atoms with E-state index in [2.05, 4.69) is 5.48 Å². The summed E-state index contributed by atoms with van der Waals surface area (Å²) in [6, 6.07) is 9.49. The second-order valence-corrected chi connectivity index (χ2v) is 5.25. The van der Waals surface area contributed by atoms with Crippen molar-refractivity contribution in [2.24, 2.45) is 0 Å². The van der Waals surface area contributed by atoms with Crippen molar-refractivity contribution >= 4 is 5.97 Å². The van der Waals surface area contributed by atoms with Crippen LogP contribution in [0.4, 0.5) is 13.2 Å². The van der Waals surface area contributed by atoms with Crippen molar-refractivity contribution in [1.29, 1.82) is 0 Å². The molecule has 0 aromatic heterocycles. The molecule has 0 amide bonds. The average Bonchev–Trinajstić information content (AvgIpc) is 2.53. The van der Waals surface area contributed by atoms with Crippen LogP contribution in [0.1, 0.15) is 17.5 Å². The monoisotopic (exact) mass is 339 g/mol. The summed E-state index contributed by atoms with van der Waals surface area (Å²) >= 11 is 0. The summed E-state index contributed by atoms with van der Waals surface area (Å²) in [7, 11) is 0. The van der Waals surface area contributed by atoms with Gasteiger partial charge in [0.1, 0.15) is 5.82 Å². The predicted octanol–water partition coefficient (Wildman–Crippen LogP) is 3.21. The zero-order chi connectivity index (χ0) is 17.5. The second kappa shape index (κ2) is 8.47. The molecule has 0 aliphatic rings. The van der Waals surface area contributed by atoms with Crippen LogP contribution in [-0.2, 0) is 22.7 Å². The number of halogens is 3. The van der Waals surface area contributed by atoms with E-state index in [9.17, 15) is 18.0 Å². The van der Waals surface area contributed by atoms with Crippen LogP contribution in [0, 0.1) is 17.5 Å². The highest BCUT2D eigenvalue weighted by atomic mass is 19.2. The van der Waals surface area contributed by atoms with Crippen LogP contribution in [0.25, 0.3) is 0 Å². The molecule has 2 aromatic carbocycles. The third kappa shape index (κ3) is 5.36. The zero-order valence-electron chi connectivity index (χ0n) is 12.6. The Hall–Kier alpha value is -2.38. The Morgan fingerprint density at radius 1 is 1.08 bits per heavy atom. The first-order valence-corrected chi connectivity index (χ1v) is 7.22. The van der Waals surface area contributed by atoms with Gasteiger partial charge in [-0.3, -0.25) is 9.63 Å². The van der Waals surface area contributed by atoms with E-state index >= 15 is 0 Å². The van der Waals surface area contributed by atoms with Crippen LogP contribution < -0.4 is 5.48 Å². The Morgan fingerprint density at radius 3 is 2.42 bits per heavy atom. The summed E-state index contributed by atoms with van der Waals surface area (Å²) in [6.45, 7) is 0.178. The molecule has 0 bridgehead atoms. The molecular weight excluding hydrogens is 323 g/mol. The number of nitrogens with one attached hydrogen (secondary N) is 1. The Morgan fingerprint density at radius 2 is 1.75 bits per heavy atom. The highest BCUT2D eigenvalue weighted by Gasteiger charge is 2.18. The van der Waals surface area contributed by atoms with Crippen LogP contribution in [0.15, 0.2) is 42.5 Å². The number of hydrogen-bond donors (Lipinski definition) is 2. The first-order valence-electron chi connectivity index (χ1n) is 7.22. The molecule has 1 atom stereocenters. The van der Waals surface area contributed by atoms with Crippen LogP contribution in [0.3, 0.4) is 0 Å². The maximum absolute atomic E-state index is 13.7. The van der Waals surface area contributed by atoms with Gasteiger partial charge in [0.2, 0.25) is 0 Å². The summed E-state index contributed by atoms with van der Waals surface area (Å²) < 4.78 is 39.9. The molecule has 2 N–H and O–H groups in total. The second-order valence-electron chi connectivity index (χ2n) is 5.25. The number of rotatable bonds is 8. The molecule has 0 aliphatic carbocycles. The summed E-state index contributed by atoms with van der Waals surface area (Å²) in [5, 5.41) is 8.92. The van der Waals surface area contributed by atoms with E-state index in [-0.39, 0.29) is 25.0 Å². The number of hydrogen-bond acceptors (Lipinski definition) is 3. The van der Waals surface area contributed by atoms with Gasteiger partial charge in [-0.05, 0) is 23.6 Å². The van der Waals surface area contributed by atoms with Gasteiger partial charge in [-0.2, -0.15) is 5.48 Å². The summed E-state index contributed by atoms with van der Waals surface area (Å²) in [5.74, 6) is -4.54. The van der Waals surface area contributed by atoms with E-state index in [1.807, 2.05) is 30.3 Å². The third-order valence-corrected chi connectivity index (χ3v) is 3.31. The summed E-state index contributed by atoms with van der Waals surface area (Å²) in [4.78, 5) is 16.2. The van der Waals surface area contributed by atoms with Gasteiger partial charge in [-0.25, -0.2) is 13.2 Å². The topological polar surface area (TPSA) is 58.6 Å². The van der Waals surface area contributed by atoms with Gasteiger partial charge in [0.05, 0.1) is 13.0 Å². The standard InChI is InChI=1S/C17H16F3NO3/c18-14-9-16(20)15(19)7-12(14)6-13(8-17(22)23)21-24-10-11-4-2-1-3-5-11/h1-5,7,9,13,21H,6,8,10H2,(H,22,23). The number of carboxylic acid groups (broad SMARTS) is 1. The van der Waals surface area contributed by atoms with Gasteiger partial charge in [0.15, 0.2) is 11.6 Å². The van der Waals surface area contributed by atoms with Gasteiger partial charge in [0, 0.05) is 12.1 Å². The largest absolute Gasteiger partial charge is 0.481 e. The first kappa shape index (κ1) is 18.0. The molecule has 128 valence electrons. The minimum atomic E-state index is -1.29. The smallest absolute Gasteiger partial charge is 0.305 e. The lowest BCUT2D eigenvalue weighted by molar-refractivity contribution is -0.138. The van der Waals surface area contributed by atoms with Crippen molar-refractivity contribution in [2.75, 3.05) is 0 Å². The summed E-state index contributed by atoms with van der Waals surface area (Å²) in [5.41, 5.74) is 3.28. The predicted molar refractivity (Wildman–Crippen MR) is 80.4 cm³/mol. The normalized spacial score (nSPS) is 12.1. The minimum absolute atomic E-state index is 0.129. The summed E-state index contributed by atoms with van der Waals surface area (Å²) in [6.07, 6.45) is -0.530. The van der Waals surface area contributed by atoms with E-state index in [0.717, 1.165) is 11.6 Å². The van der Waals surface area contributed by atoms with Crippen molar-refractivity contribution in [1.82, 2.24) is 5.48 Å². The van der Waals surface area contributed by atoms with Crippen LogP contribution in [0.2, 0.25) is 0 Å². The van der Waals surface area contributed by atoms with E-state index in [1.165, 1.54) is 0 Å². The molecule has 4 nitrogen and oxygen atoms in total. The van der Waals surface area contributed by atoms with Crippen LogP contribution >= 0.6 is 0 Å². The molecule has 2 rings (SSSR count). The fourth-order valence-corrected chi connectivity index (χ4v) is 2.17. The van der Waals surface area contributed by atoms with Crippen molar-refractivity contribution in [3.63, 3.8) is 0 Å². The Kier molecular flexibility index (Phi) is 6.34. The number of carbonyl (C=O) groups is 1. The molecule has 0 heterocycles. The van der Waals surface area contributed by atoms with Crippen molar-refractivity contribution in [2.45, 2.75) is 25.5 Å². The minimum Gasteiger partial charge on any atom is -0.481 e. The molecule has 2 aromatic rings. The Labute approximate surface area is 136 Å². The molecule has 0 saturated carbocycles. The maximum atomic E-state index is 13.7. The Bertz CT molecular complexity index is 695. The van der Waals surface area contributed by atoms with E-state index in [1.54, 1.807) is 0 Å². The van der Waals surface area contributed by atoms with Gasteiger partial charge in [-0.15, -0.1) is 0 Å². The Balaban J connectivity index is 2.00. The SMILES string of the molecule is O=C(O)CC(Cc1cc(F)c(F)cc1F)NOCc1ccccc1. The lowest BCUT2D eigenvalue weighted by Gasteiger charge is -2.17. The molecular formula is C17H16F3NO3. The maximum Gasteiger partial charge on any atom is 0.305 e. The highest BCUT2D eigenvalue weighted by molar-refractivity contribution is 5.67. The van der Waals surface area contributed by atoms with Gasteiger partial charge < -0.3 is 5.11 Å².